The summed E-state index contributed by atoms with van der Waals surface area (Å²) in [7, 11) is 2.54. The van der Waals surface area contributed by atoms with Gasteiger partial charge in [-0.05, 0) is 12.1 Å². The maximum atomic E-state index is 13.9. The second kappa shape index (κ2) is 6.63. The molecule has 0 saturated carbocycles. The average Bonchev–Trinajstić information content (AvgIpc) is 2.47. The fraction of sp³-hybridized carbons (Fsp3) is 0.154. The number of methoxy groups -OCH3 is 2. The molecule has 1 aromatic carbocycles. The Morgan fingerprint density at radius 1 is 1.10 bits per heavy atom. The van der Waals surface area contributed by atoms with E-state index in [2.05, 4.69) is 5.32 Å². The normalized spacial score (nSPS) is 8.60. The van der Waals surface area contributed by atoms with E-state index >= 15 is 0 Å². The third-order valence-electron chi connectivity index (χ3n) is 2.33. The number of anilines is 1. The van der Waals surface area contributed by atoms with Gasteiger partial charge in [-0.25, -0.2) is 0 Å². The highest BCUT2D eigenvalue weighted by Crippen LogP contribution is 2.34. The summed E-state index contributed by atoms with van der Waals surface area (Å²) < 4.78 is 23.6. The van der Waals surface area contributed by atoms with Crippen LogP contribution in [0.15, 0.2) is 23.4 Å². The first-order chi connectivity index (χ1) is 9.62. The molecule has 0 aliphatic rings. The van der Waals surface area contributed by atoms with Crippen LogP contribution in [-0.2, 0) is 0 Å². The number of nitrogens with zero attached hydrogens (tertiary/aromatic N) is 3. The van der Waals surface area contributed by atoms with Crippen LogP contribution in [0.1, 0.15) is 0 Å². The van der Waals surface area contributed by atoms with Crippen LogP contribution >= 0.6 is 0 Å². The van der Waals surface area contributed by atoms with E-state index < -0.39 is 11.4 Å². The topological polar surface area (TPSA) is 102 Å². The largest absolute Gasteiger partial charge is 0.494 e. The average molecular weight is 272 g/mol. The Hall–Kier alpha value is -3.24. The van der Waals surface area contributed by atoms with E-state index in [0.717, 1.165) is 0 Å². The summed E-state index contributed by atoms with van der Waals surface area (Å²) >= 11 is 0. The highest BCUT2D eigenvalue weighted by Gasteiger charge is 2.16. The Labute approximate surface area is 114 Å². The molecule has 1 N–H and O–H groups in total. The molecule has 6 nitrogen and oxygen atoms in total. The second-order valence-electron chi connectivity index (χ2n) is 3.37. The molecule has 1 rings (SSSR count). The molecule has 0 unspecified atom stereocenters. The van der Waals surface area contributed by atoms with Crippen LogP contribution in [0.5, 0.6) is 11.5 Å². The predicted molar refractivity (Wildman–Crippen MR) is 67.0 cm³/mol. The van der Waals surface area contributed by atoms with Gasteiger partial charge < -0.3 is 14.8 Å². The Morgan fingerprint density at radius 2 is 1.75 bits per heavy atom. The molecule has 20 heavy (non-hydrogen) atoms. The van der Waals surface area contributed by atoms with E-state index in [0.29, 0.717) is 0 Å². The number of halogens is 1. The molecule has 0 aromatic heterocycles. The molecule has 0 fully saturated rings. The molecule has 100 valence electrons. The fourth-order valence-electron chi connectivity index (χ4n) is 1.41. The number of hydrogen-bond acceptors (Lipinski definition) is 6. The Morgan fingerprint density at radius 3 is 2.20 bits per heavy atom. The lowest BCUT2D eigenvalue weighted by atomic mass is 10.2. The van der Waals surface area contributed by atoms with E-state index in [4.69, 9.17) is 25.3 Å². The quantitative estimate of drug-likeness (QED) is 0.842. The van der Waals surface area contributed by atoms with Crippen LogP contribution in [0.4, 0.5) is 10.1 Å². The molecule has 0 radical (unpaired) electrons. The molecule has 0 amide bonds. The fourth-order valence-corrected chi connectivity index (χ4v) is 1.41. The minimum Gasteiger partial charge on any atom is -0.494 e. The van der Waals surface area contributed by atoms with Gasteiger partial charge >= 0.3 is 0 Å². The van der Waals surface area contributed by atoms with Gasteiger partial charge in [0.05, 0.1) is 19.9 Å². The highest BCUT2D eigenvalue weighted by atomic mass is 19.1. The van der Waals surface area contributed by atoms with Gasteiger partial charge in [0.25, 0.3) is 0 Å². The molecule has 0 aliphatic carbocycles. The molecular weight excluding hydrogens is 263 g/mol. The van der Waals surface area contributed by atoms with Crippen molar-refractivity contribution >= 4 is 5.69 Å². The summed E-state index contributed by atoms with van der Waals surface area (Å²) in [5, 5.41) is 28.9. The minimum absolute atomic E-state index is 0.0318. The van der Waals surface area contributed by atoms with E-state index in [1.165, 1.54) is 26.4 Å². The first-order valence-electron chi connectivity index (χ1n) is 5.25. The molecular formula is C13H9FN4O2. The van der Waals surface area contributed by atoms with Gasteiger partial charge in [-0.15, -0.1) is 0 Å². The van der Waals surface area contributed by atoms with Gasteiger partial charge in [0.1, 0.15) is 23.9 Å². The summed E-state index contributed by atoms with van der Waals surface area (Å²) in [5.74, 6) is -0.976. The maximum absolute atomic E-state index is 13.9. The standard InChI is InChI=1S/C13H9FN4O2/c1-19-11-4-3-9(13(20-2)12(11)14)18-10(7-17)8(5-15)6-16/h3-4,18H,1-2H3. The first-order valence-corrected chi connectivity index (χ1v) is 5.25. The lowest BCUT2D eigenvalue weighted by Crippen LogP contribution is -2.04. The Kier molecular flexibility index (Phi) is 4.91. The second-order valence-corrected chi connectivity index (χ2v) is 3.37. The Balaban J connectivity index is 3.34. The molecule has 0 atom stereocenters. The van der Waals surface area contributed by atoms with Crippen LogP contribution in [0.3, 0.4) is 0 Å². The third-order valence-corrected chi connectivity index (χ3v) is 2.33. The Bertz CT molecular complexity index is 661. The molecule has 0 heterocycles. The van der Waals surface area contributed by atoms with Gasteiger partial charge in [0, 0.05) is 0 Å². The van der Waals surface area contributed by atoms with Gasteiger partial charge in [-0.2, -0.15) is 20.2 Å². The van der Waals surface area contributed by atoms with E-state index in [1.807, 2.05) is 0 Å². The minimum atomic E-state index is -0.757. The van der Waals surface area contributed by atoms with Crippen molar-refractivity contribution in [1.82, 2.24) is 0 Å². The van der Waals surface area contributed by atoms with Gasteiger partial charge in [-0.3, -0.25) is 0 Å². The monoisotopic (exact) mass is 272 g/mol. The van der Waals surface area contributed by atoms with E-state index in [1.54, 1.807) is 18.2 Å². The zero-order valence-electron chi connectivity index (χ0n) is 10.7. The SMILES string of the molecule is COc1ccc(NC(C#N)=C(C#N)C#N)c(OC)c1F. The van der Waals surface area contributed by atoms with Crippen molar-refractivity contribution in [3.05, 3.63) is 29.2 Å². The number of rotatable bonds is 4. The van der Waals surface area contributed by atoms with Gasteiger partial charge in [0.15, 0.2) is 17.1 Å². The first kappa shape index (κ1) is 14.8. The summed E-state index contributed by atoms with van der Waals surface area (Å²) in [4.78, 5) is 0. The number of benzene rings is 1. The molecule has 1 aromatic rings. The molecule has 0 saturated heterocycles. The highest BCUT2D eigenvalue weighted by molar-refractivity contribution is 5.66. The van der Waals surface area contributed by atoms with Crippen LogP contribution in [0.2, 0.25) is 0 Å². The van der Waals surface area contributed by atoms with Crippen LogP contribution in [0, 0.1) is 39.8 Å². The maximum Gasteiger partial charge on any atom is 0.208 e. The van der Waals surface area contributed by atoms with Crippen molar-refractivity contribution in [1.29, 1.82) is 15.8 Å². The summed E-state index contributed by atoms with van der Waals surface area (Å²) in [5.41, 5.74) is -0.603. The summed E-state index contributed by atoms with van der Waals surface area (Å²) in [6.07, 6.45) is 0. The molecule has 7 heteroatoms. The van der Waals surface area contributed by atoms with Crippen molar-refractivity contribution < 1.29 is 13.9 Å². The summed E-state index contributed by atoms with van der Waals surface area (Å²) in [6, 6.07) is 7.54. The zero-order valence-corrected chi connectivity index (χ0v) is 10.7. The molecule has 0 bridgehead atoms. The lowest BCUT2D eigenvalue weighted by Gasteiger charge is -2.13. The number of allylic oxidation sites excluding steroid dienone is 2. The predicted octanol–water partition coefficient (Wildman–Crippen LogP) is 2.08. The zero-order chi connectivity index (χ0) is 15.1. The van der Waals surface area contributed by atoms with E-state index in [-0.39, 0.29) is 22.9 Å². The third kappa shape index (κ3) is 2.77. The summed E-state index contributed by atoms with van der Waals surface area (Å²) in [6.45, 7) is 0. The molecule has 0 spiro atoms. The number of ether oxygens (including phenoxy) is 2. The number of nitriles is 3. The van der Waals surface area contributed by atoms with Crippen molar-refractivity contribution in [2.45, 2.75) is 0 Å². The van der Waals surface area contributed by atoms with Crippen molar-refractivity contribution in [2.75, 3.05) is 19.5 Å². The van der Waals surface area contributed by atoms with Crippen molar-refractivity contribution in [2.24, 2.45) is 0 Å². The van der Waals surface area contributed by atoms with Crippen molar-refractivity contribution in [3.8, 4) is 29.7 Å². The lowest BCUT2D eigenvalue weighted by molar-refractivity contribution is 0.352. The smallest absolute Gasteiger partial charge is 0.208 e. The molecule has 0 aliphatic heterocycles. The number of nitrogens with one attached hydrogen (secondary N) is 1. The van der Waals surface area contributed by atoms with Gasteiger partial charge in [0.2, 0.25) is 5.82 Å². The van der Waals surface area contributed by atoms with Gasteiger partial charge in [-0.1, -0.05) is 0 Å². The van der Waals surface area contributed by atoms with E-state index in [9.17, 15) is 4.39 Å². The van der Waals surface area contributed by atoms with Crippen molar-refractivity contribution in [3.63, 3.8) is 0 Å². The number of hydrogen-bond donors (Lipinski definition) is 1. The van der Waals surface area contributed by atoms with Crippen LogP contribution < -0.4 is 14.8 Å². The van der Waals surface area contributed by atoms with Crippen LogP contribution in [0.25, 0.3) is 0 Å². The van der Waals surface area contributed by atoms with Crippen LogP contribution in [-0.4, -0.2) is 14.2 Å².